The van der Waals surface area contributed by atoms with Gasteiger partial charge in [-0.15, -0.1) is 0 Å². The Hall–Kier alpha value is -1.12. The van der Waals surface area contributed by atoms with Crippen molar-refractivity contribution in [2.45, 2.75) is 26.3 Å². The molecule has 2 heteroatoms. The average molecular weight is 318 g/mol. The van der Waals surface area contributed by atoms with Gasteiger partial charge in [0.2, 0.25) is 0 Å². The minimum atomic E-state index is -0.0808. The molecule has 0 aliphatic carbocycles. The summed E-state index contributed by atoms with van der Waals surface area (Å²) in [5, 5.41) is 0. The molecule has 0 aliphatic rings. The molecule has 2 rings (SSSR count). The van der Waals surface area contributed by atoms with E-state index in [1.165, 1.54) is 11.1 Å². The van der Waals surface area contributed by atoms with Crippen molar-refractivity contribution in [2.24, 2.45) is 11.7 Å². The van der Waals surface area contributed by atoms with Crippen molar-refractivity contribution in [3.63, 3.8) is 0 Å². The lowest BCUT2D eigenvalue weighted by molar-refractivity contribution is 0.646. The van der Waals surface area contributed by atoms with Gasteiger partial charge in [-0.1, -0.05) is 72.2 Å². The molecule has 1 atom stereocenters. The number of halogens is 1. The normalized spacial score (nSPS) is 12.7. The molecule has 100 valence electrons. The van der Waals surface area contributed by atoms with Gasteiger partial charge in [0, 0.05) is 4.47 Å². The fourth-order valence-electron chi connectivity index (χ4n) is 2.29. The second-order valence-corrected chi connectivity index (χ2v) is 6.20. The van der Waals surface area contributed by atoms with Gasteiger partial charge in [-0.05, 0) is 35.1 Å². The smallest absolute Gasteiger partial charge is 0.0562 e. The Balaban J connectivity index is 2.29. The molecule has 0 aliphatic heterocycles. The molecule has 2 aromatic rings. The second-order valence-electron chi connectivity index (χ2n) is 5.34. The van der Waals surface area contributed by atoms with Crippen LogP contribution in [-0.2, 0) is 6.42 Å². The molecule has 0 saturated heterocycles. The van der Waals surface area contributed by atoms with Crippen molar-refractivity contribution in [3.8, 4) is 0 Å². The third-order valence-electron chi connectivity index (χ3n) is 3.19. The van der Waals surface area contributed by atoms with Crippen LogP contribution < -0.4 is 5.73 Å². The summed E-state index contributed by atoms with van der Waals surface area (Å²) in [6, 6.07) is 16.7. The Morgan fingerprint density at radius 1 is 1.05 bits per heavy atom. The van der Waals surface area contributed by atoms with Crippen LogP contribution in [0.15, 0.2) is 53.0 Å². The maximum Gasteiger partial charge on any atom is 0.0562 e. The summed E-state index contributed by atoms with van der Waals surface area (Å²) >= 11 is 3.57. The summed E-state index contributed by atoms with van der Waals surface area (Å²) in [5.74, 6) is 0.662. The number of hydrogen-bond donors (Lipinski definition) is 1. The minimum absolute atomic E-state index is 0.0808. The first kappa shape index (κ1) is 14.3. The highest BCUT2D eigenvalue weighted by molar-refractivity contribution is 9.10. The van der Waals surface area contributed by atoms with Crippen LogP contribution in [-0.4, -0.2) is 0 Å². The highest BCUT2D eigenvalue weighted by Crippen LogP contribution is 2.27. The van der Waals surface area contributed by atoms with Crippen molar-refractivity contribution in [2.75, 3.05) is 0 Å². The number of benzene rings is 2. The minimum Gasteiger partial charge on any atom is -0.320 e. The maximum absolute atomic E-state index is 6.39. The number of nitrogens with two attached hydrogens (primary N) is 1. The fourth-order valence-corrected chi connectivity index (χ4v) is 2.82. The Kier molecular flexibility index (Phi) is 4.78. The quantitative estimate of drug-likeness (QED) is 0.869. The van der Waals surface area contributed by atoms with Gasteiger partial charge in [0.15, 0.2) is 0 Å². The highest BCUT2D eigenvalue weighted by atomic mass is 79.9. The molecule has 19 heavy (non-hydrogen) atoms. The number of rotatable bonds is 4. The third-order valence-corrected chi connectivity index (χ3v) is 3.92. The summed E-state index contributed by atoms with van der Waals surface area (Å²) in [5.41, 5.74) is 10.0. The van der Waals surface area contributed by atoms with Gasteiger partial charge in [0.25, 0.3) is 0 Å². The molecule has 1 nitrogen and oxygen atoms in total. The van der Waals surface area contributed by atoms with Gasteiger partial charge >= 0.3 is 0 Å². The number of hydrogen-bond acceptors (Lipinski definition) is 1. The molecule has 1 unspecified atom stereocenters. The van der Waals surface area contributed by atoms with E-state index in [-0.39, 0.29) is 6.04 Å². The summed E-state index contributed by atoms with van der Waals surface area (Å²) in [7, 11) is 0. The predicted octanol–water partition coefficient (Wildman–Crippen LogP) is 4.70. The predicted molar refractivity (Wildman–Crippen MR) is 85.2 cm³/mol. The van der Waals surface area contributed by atoms with Gasteiger partial charge in [-0.25, -0.2) is 0 Å². The topological polar surface area (TPSA) is 26.0 Å². The molecule has 0 saturated carbocycles. The molecular formula is C17H20BrN. The summed E-state index contributed by atoms with van der Waals surface area (Å²) in [6.07, 6.45) is 1.09. The van der Waals surface area contributed by atoms with E-state index in [0.29, 0.717) is 5.92 Å². The van der Waals surface area contributed by atoms with Gasteiger partial charge in [0.1, 0.15) is 0 Å². The molecule has 0 spiro atoms. The molecule has 0 heterocycles. The fraction of sp³-hybridized carbons (Fsp3) is 0.294. The van der Waals surface area contributed by atoms with Gasteiger partial charge in [0.05, 0.1) is 6.04 Å². The van der Waals surface area contributed by atoms with E-state index in [4.69, 9.17) is 5.73 Å². The van der Waals surface area contributed by atoms with E-state index in [1.807, 2.05) is 18.2 Å². The molecule has 2 N–H and O–H groups in total. The standard InChI is InChI=1S/C17H20BrN/c1-12(2)10-13-6-5-7-14(11-13)17(19)15-8-3-4-9-16(15)18/h3-9,11-12,17H,10,19H2,1-2H3. The van der Waals surface area contributed by atoms with Crippen LogP contribution in [0.25, 0.3) is 0 Å². The van der Waals surface area contributed by atoms with E-state index in [1.54, 1.807) is 0 Å². The van der Waals surface area contributed by atoms with Crippen molar-refractivity contribution in [1.29, 1.82) is 0 Å². The Bertz CT molecular complexity index is 548. The van der Waals surface area contributed by atoms with Gasteiger partial charge < -0.3 is 5.73 Å². The zero-order valence-corrected chi connectivity index (χ0v) is 13.0. The molecule has 0 aromatic heterocycles. The van der Waals surface area contributed by atoms with Crippen LogP contribution in [0, 0.1) is 5.92 Å². The second kappa shape index (κ2) is 6.36. The van der Waals surface area contributed by atoms with Crippen LogP contribution in [0.1, 0.15) is 36.6 Å². The maximum atomic E-state index is 6.39. The van der Waals surface area contributed by atoms with Crippen LogP contribution in [0.5, 0.6) is 0 Å². The Morgan fingerprint density at radius 3 is 2.47 bits per heavy atom. The van der Waals surface area contributed by atoms with Crippen molar-refractivity contribution in [1.82, 2.24) is 0 Å². The third kappa shape index (κ3) is 3.68. The lowest BCUT2D eigenvalue weighted by Gasteiger charge is -2.16. The van der Waals surface area contributed by atoms with Crippen molar-refractivity contribution < 1.29 is 0 Å². The first-order valence-corrected chi connectivity index (χ1v) is 7.46. The first-order valence-electron chi connectivity index (χ1n) is 6.66. The van der Waals surface area contributed by atoms with E-state index >= 15 is 0 Å². The monoisotopic (exact) mass is 317 g/mol. The van der Waals surface area contributed by atoms with E-state index in [2.05, 4.69) is 60.1 Å². The molecule has 0 amide bonds. The van der Waals surface area contributed by atoms with Crippen molar-refractivity contribution in [3.05, 3.63) is 69.7 Å². The lowest BCUT2D eigenvalue weighted by atomic mass is 9.95. The van der Waals surface area contributed by atoms with Gasteiger partial charge in [-0.3, -0.25) is 0 Å². The lowest BCUT2D eigenvalue weighted by Crippen LogP contribution is -2.12. The molecule has 0 bridgehead atoms. The zero-order valence-electron chi connectivity index (χ0n) is 11.4. The summed E-state index contributed by atoms with van der Waals surface area (Å²) < 4.78 is 1.07. The molecule has 2 aromatic carbocycles. The van der Waals surface area contributed by atoms with E-state index in [9.17, 15) is 0 Å². The van der Waals surface area contributed by atoms with Crippen LogP contribution in [0.2, 0.25) is 0 Å². The highest BCUT2D eigenvalue weighted by Gasteiger charge is 2.12. The Labute approximate surface area is 124 Å². The van der Waals surface area contributed by atoms with Gasteiger partial charge in [-0.2, -0.15) is 0 Å². The molecule has 0 fully saturated rings. The summed E-state index contributed by atoms with van der Waals surface area (Å²) in [4.78, 5) is 0. The van der Waals surface area contributed by atoms with E-state index < -0.39 is 0 Å². The van der Waals surface area contributed by atoms with Crippen LogP contribution >= 0.6 is 15.9 Å². The molecule has 0 radical (unpaired) electrons. The van der Waals surface area contributed by atoms with Crippen molar-refractivity contribution >= 4 is 15.9 Å². The largest absolute Gasteiger partial charge is 0.320 e. The van der Waals surface area contributed by atoms with E-state index in [0.717, 1.165) is 16.5 Å². The average Bonchev–Trinajstić information content (AvgIpc) is 2.38. The molecular weight excluding hydrogens is 298 g/mol. The first-order chi connectivity index (χ1) is 9.08. The Morgan fingerprint density at radius 2 is 1.79 bits per heavy atom. The zero-order chi connectivity index (χ0) is 13.8. The summed E-state index contributed by atoms with van der Waals surface area (Å²) in [6.45, 7) is 4.47. The van der Waals surface area contributed by atoms with Crippen LogP contribution in [0.4, 0.5) is 0 Å². The SMILES string of the molecule is CC(C)Cc1cccc(C(N)c2ccccc2Br)c1. The van der Waals surface area contributed by atoms with Crippen LogP contribution in [0.3, 0.4) is 0 Å².